The van der Waals surface area contributed by atoms with Gasteiger partial charge in [0, 0.05) is 18.1 Å². The minimum Gasteiger partial charge on any atom is -0.379 e. The maximum absolute atomic E-state index is 6.19. The average Bonchev–Trinajstić information content (AvgIpc) is 2.51. The zero-order valence-electron chi connectivity index (χ0n) is 10.9. The van der Waals surface area contributed by atoms with Crippen LogP contribution in [-0.2, 0) is 6.54 Å². The van der Waals surface area contributed by atoms with Gasteiger partial charge in [-0.15, -0.1) is 0 Å². The number of nitrogens with zero attached hydrogens (tertiary/aromatic N) is 1. The fraction of sp³-hybridized carbons (Fsp3) is 0.0625. The van der Waals surface area contributed by atoms with Crippen LogP contribution in [0.1, 0.15) is 5.56 Å². The third-order valence-electron chi connectivity index (χ3n) is 3.22. The fourth-order valence-corrected chi connectivity index (χ4v) is 2.76. The second kappa shape index (κ2) is 6.10. The summed E-state index contributed by atoms with van der Waals surface area (Å²) in [6, 6.07) is 13.2. The summed E-state index contributed by atoms with van der Waals surface area (Å²) in [5.74, 6) is 0. The molecule has 1 heterocycles. The van der Waals surface area contributed by atoms with Gasteiger partial charge in [0.2, 0.25) is 0 Å². The molecule has 0 unspecified atom stereocenters. The Balaban J connectivity index is 1.92. The SMILES string of the molecule is Clc1cccc(CNc2ccc(Cl)c3cccnc23)c1Cl. The number of fused-ring (bicyclic) bond motifs is 1. The van der Waals surface area contributed by atoms with Gasteiger partial charge < -0.3 is 5.32 Å². The minimum atomic E-state index is 0.551. The van der Waals surface area contributed by atoms with Crippen molar-refractivity contribution in [3.63, 3.8) is 0 Å². The first-order valence-electron chi connectivity index (χ1n) is 6.37. The molecular formula is C16H11Cl3N2. The predicted octanol–water partition coefficient (Wildman–Crippen LogP) is 5.81. The Labute approximate surface area is 137 Å². The number of benzene rings is 2. The summed E-state index contributed by atoms with van der Waals surface area (Å²) in [7, 11) is 0. The summed E-state index contributed by atoms with van der Waals surface area (Å²) < 4.78 is 0. The lowest BCUT2D eigenvalue weighted by Gasteiger charge is -2.11. The van der Waals surface area contributed by atoms with Gasteiger partial charge >= 0.3 is 0 Å². The molecular weight excluding hydrogens is 327 g/mol. The molecule has 1 aromatic heterocycles. The molecule has 0 aliphatic carbocycles. The van der Waals surface area contributed by atoms with Gasteiger partial charge in [-0.05, 0) is 35.9 Å². The van der Waals surface area contributed by atoms with Crippen LogP contribution in [0.4, 0.5) is 5.69 Å². The molecule has 0 spiro atoms. The van der Waals surface area contributed by atoms with Crippen molar-refractivity contribution in [2.75, 3.05) is 5.32 Å². The maximum atomic E-state index is 6.19. The molecule has 1 N–H and O–H groups in total. The van der Waals surface area contributed by atoms with E-state index in [-0.39, 0.29) is 0 Å². The number of nitrogens with one attached hydrogen (secondary N) is 1. The van der Waals surface area contributed by atoms with Crippen molar-refractivity contribution < 1.29 is 0 Å². The van der Waals surface area contributed by atoms with E-state index >= 15 is 0 Å². The maximum Gasteiger partial charge on any atom is 0.0948 e. The molecule has 0 radical (unpaired) electrons. The largest absolute Gasteiger partial charge is 0.379 e. The molecule has 0 amide bonds. The first-order valence-corrected chi connectivity index (χ1v) is 7.50. The molecule has 0 aliphatic rings. The number of aromatic nitrogens is 1. The third kappa shape index (κ3) is 2.93. The summed E-state index contributed by atoms with van der Waals surface area (Å²) in [5, 5.41) is 6.06. The van der Waals surface area contributed by atoms with Gasteiger partial charge in [0.05, 0.1) is 26.3 Å². The van der Waals surface area contributed by atoms with E-state index in [0.717, 1.165) is 22.2 Å². The van der Waals surface area contributed by atoms with E-state index in [2.05, 4.69) is 10.3 Å². The van der Waals surface area contributed by atoms with Crippen molar-refractivity contribution in [3.05, 3.63) is 69.3 Å². The Hall–Kier alpha value is -1.48. The second-order valence-electron chi connectivity index (χ2n) is 4.56. The van der Waals surface area contributed by atoms with Gasteiger partial charge in [-0.1, -0.05) is 46.9 Å². The first kappa shape index (κ1) is 14.5. The number of anilines is 1. The quantitative estimate of drug-likeness (QED) is 0.652. The standard InChI is InChI=1S/C16H11Cl3N2/c17-12-6-7-14(16-11(12)4-2-8-20-16)21-9-10-3-1-5-13(18)15(10)19/h1-8,21H,9H2. The highest BCUT2D eigenvalue weighted by atomic mass is 35.5. The molecule has 2 aromatic carbocycles. The van der Waals surface area contributed by atoms with Gasteiger partial charge in [-0.3, -0.25) is 4.98 Å². The monoisotopic (exact) mass is 336 g/mol. The van der Waals surface area contributed by atoms with Gasteiger partial charge in [0.25, 0.3) is 0 Å². The zero-order valence-corrected chi connectivity index (χ0v) is 13.2. The molecule has 0 bridgehead atoms. The molecule has 0 saturated carbocycles. The van der Waals surface area contributed by atoms with Crippen molar-refractivity contribution in [1.82, 2.24) is 4.98 Å². The van der Waals surface area contributed by atoms with Gasteiger partial charge in [0.1, 0.15) is 0 Å². The van der Waals surface area contributed by atoms with Crippen molar-refractivity contribution in [2.45, 2.75) is 6.54 Å². The average molecular weight is 338 g/mol. The summed E-state index contributed by atoms with van der Waals surface area (Å²) >= 11 is 18.4. The fourth-order valence-electron chi connectivity index (χ4n) is 2.16. The van der Waals surface area contributed by atoms with E-state index < -0.39 is 0 Å². The number of rotatable bonds is 3. The Morgan fingerprint density at radius 3 is 2.62 bits per heavy atom. The summed E-state index contributed by atoms with van der Waals surface area (Å²) in [4.78, 5) is 4.39. The van der Waals surface area contributed by atoms with Crippen LogP contribution in [0.15, 0.2) is 48.7 Å². The summed E-state index contributed by atoms with van der Waals surface area (Å²) in [6.07, 6.45) is 1.75. The molecule has 5 heteroatoms. The molecule has 0 atom stereocenters. The smallest absolute Gasteiger partial charge is 0.0948 e. The van der Waals surface area contributed by atoms with Crippen LogP contribution in [0.25, 0.3) is 10.9 Å². The molecule has 3 aromatic rings. The second-order valence-corrected chi connectivity index (χ2v) is 5.75. The van der Waals surface area contributed by atoms with E-state index in [1.54, 1.807) is 12.3 Å². The van der Waals surface area contributed by atoms with Crippen LogP contribution in [0, 0.1) is 0 Å². The Kier molecular flexibility index (Phi) is 4.20. The van der Waals surface area contributed by atoms with Crippen LogP contribution >= 0.6 is 34.8 Å². The topological polar surface area (TPSA) is 24.9 Å². The number of pyridine rings is 1. The predicted molar refractivity (Wildman–Crippen MR) is 90.5 cm³/mol. The van der Waals surface area contributed by atoms with Crippen molar-refractivity contribution >= 4 is 51.4 Å². The minimum absolute atomic E-state index is 0.551. The molecule has 0 aliphatic heterocycles. The Morgan fingerprint density at radius 1 is 0.905 bits per heavy atom. The summed E-state index contributed by atoms with van der Waals surface area (Å²) in [5.41, 5.74) is 2.68. The van der Waals surface area contributed by atoms with Gasteiger partial charge in [-0.25, -0.2) is 0 Å². The molecule has 0 saturated heterocycles. The van der Waals surface area contributed by atoms with E-state index in [1.165, 1.54) is 0 Å². The normalized spacial score (nSPS) is 10.8. The Morgan fingerprint density at radius 2 is 1.76 bits per heavy atom. The van der Waals surface area contributed by atoms with Gasteiger partial charge in [0.15, 0.2) is 0 Å². The molecule has 21 heavy (non-hydrogen) atoms. The van der Waals surface area contributed by atoms with Crippen LogP contribution in [-0.4, -0.2) is 4.98 Å². The van der Waals surface area contributed by atoms with E-state index in [4.69, 9.17) is 34.8 Å². The molecule has 2 nitrogen and oxygen atoms in total. The highest BCUT2D eigenvalue weighted by molar-refractivity contribution is 6.42. The highest BCUT2D eigenvalue weighted by Crippen LogP contribution is 2.30. The zero-order chi connectivity index (χ0) is 14.8. The summed E-state index contributed by atoms with van der Waals surface area (Å²) in [6.45, 7) is 0.562. The van der Waals surface area contributed by atoms with Crippen LogP contribution in [0.2, 0.25) is 15.1 Å². The number of hydrogen-bond acceptors (Lipinski definition) is 2. The Bertz CT molecular complexity index is 803. The third-order valence-corrected chi connectivity index (χ3v) is 4.40. The molecule has 106 valence electrons. The van der Waals surface area contributed by atoms with Crippen molar-refractivity contribution in [3.8, 4) is 0 Å². The molecule has 3 rings (SSSR count). The van der Waals surface area contributed by atoms with E-state index in [9.17, 15) is 0 Å². The lowest BCUT2D eigenvalue weighted by atomic mass is 10.1. The van der Waals surface area contributed by atoms with Gasteiger partial charge in [-0.2, -0.15) is 0 Å². The van der Waals surface area contributed by atoms with Crippen LogP contribution in [0.3, 0.4) is 0 Å². The van der Waals surface area contributed by atoms with Crippen LogP contribution in [0.5, 0.6) is 0 Å². The van der Waals surface area contributed by atoms with E-state index in [1.807, 2.05) is 36.4 Å². The number of halogens is 3. The van der Waals surface area contributed by atoms with Crippen molar-refractivity contribution in [1.29, 1.82) is 0 Å². The highest BCUT2D eigenvalue weighted by Gasteiger charge is 2.07. The number of hydrogen-bond donors (Lipinski definition) is 1. The van der Waals surface area contributed by atoms with Crippen LogP contribution < -0.4 is 5.32 Å². The molecule has 0 fully saturated rings. The van der Waals surface area contributed by atoms with Crippen molar-refractivity contribution in [2.24, 2.45) is 0 Å². The first-order chi connectivity index (χ1) is 10.2. The lowest BCUT2D eigenvalue weighted by Crippen LogP contribution is -2.01. The lowest BCUT2D eigenvalue weighted by molar-refractivity contribution is 1.15. The van der Waals surface area contributed by atoms with E-state index in [0.29, 0.717) is 21.6 Å².